The zero-order valence-corrected chi connectivity index (χ0v) is 10.4. The van der Waals surface area contributed by atoms with E-state index in [1.807, 2.05) is 19.1 Å². The number of hydrogen-bond acceptors (Lipinski definition) is 3. The normalized spacial score (nSPS) is 10.9. The van der Waals surface area contributed by atoms with Crippen LogP contribution in [0, 0.1) is 6.92 Å². The van der Waals surface area contributed by atoms with Crippen LogP contribution in [0.15, 0.2) is 17.1 Å². The molecule has 2 N–H and O–H groups in total. The zero-order chi connectivity index (χ0) is 11.6. The summed E-state index contributed by atoms with van der Waals surface area (Å²) in [4.78, 5) is 4.08. The van der Waals surface area contributed by atoms with Crippen LogP contribution in [0.1, 0.15) is 31.9 Å². The highest BCUT2D eigenvalue weighted by molar-refractivity contribution is 7.78. The van der Waals surface area contributed by atoms with Gasteiger partial charge in [-0.2, -0.15) is 4.99 Å². The Labute approximate surface area is 96.2 Å². The van der Waals surface area contributed by atoms with Gasteiger partial charge in [0.2, 0.25) is 0 Å². The number of thiocarbonyl (C=S) groups is 1. The predicted molar refractivity (Wildman–Crippen MR) is 69.0 cm³/mol. The van der Waals surface area contributed by atoms with E-state index < -0.39 is 0 Å². The summed E-state index contributed by atoms with van der Waals surface area (Å²) in [5, 5.41) is 2.41. The number of hydrogen-bond donors (Lipinski definition) is 1. The molecule has 0 unspecified atom stereocenters. The van der Waals surface area contributed by atoms with E-state index >= 15 is 0 Å². The Morgan fingerprint density at radius 1 is 1.33 bits per heavy atom. The third-order valence-corrected chi connectivity index (χ3v) is 2.45. The molecular formula is C12H16N2S. The lowest BCUT2D eigenvalue weighted by atomic mass is 9.85. The minimum absolute atomic E-state index is 0.00678. The second-order valence-electron chi connectivity index (χ2n) is 4.68. The molecule has 15 heavy (non-hydrogen) atoms. The Morgan fingerprint density at radius 3 is 2.40 bits per heavy atom. The summed E-state index contributed by atoms with van der Waals surface area (Å²) in [6.07, 6.45) is 0. The van der Waals surface area contributed by atoms with Gasteiger partial charge < -0.3 is 5.73 Å². The standard InChI is InChI=1S/C12H16N2S/c1-8-5-11(14-7-15)9(6-10(8)13)12(2,3)4/h5-6H,13H2,1-4H3. The number of anilines is 1. The Kier molecular flexibility index (Phi) is 3.28. The molecule has 0 atom stereocenters. The van der Waals surface area contributed by atoms with E-state index in [1.165, 1.54) is 0 Å². The topological polar surface area (TPSA) is 38.4 Å². The number of rotatable bonds is 1. The molecule has 0 saturated heterocycles. The molecule has 0 aliphatic rings. The Balaban J connectivity index is 3.48. The summed E-state index contributed by atoms with van der Waals surface area (Å²) in [5.74, 6) is 0. The predicted octanol–water partition coefficient (Wildman–Crippen LogP) is 3.61. The first-order chi connectivity index (χ1) is 6.86. The average molecular weight is 220 g/mol. The molecule has 2 nitrogen and oxygen atoms in total. The van der Waals surface area contributed by atoms with Crippen molar-refractivity contribution in [1.82, 2.24) is 0 Å². The van der Waals surface area contributed by atoms with Crippen LogP contribution in [0.2, 0.25) is 0 Å². The molecule has 0 heterocycles. The number of nitrogen functional groups attached to an aromatic ring is 1. The number of aliphatic imine (C=N–C) groups is 1. The number of benzene rings is 1. The molecule has 0 aromatic heterocycles. The second-order valence-corrected chi connectivity index (χ2v) is 4.86. The van der Waals surface area contributed by atoms with E-state index in [9.17, 15) is 0 Å². The fourth-order valence-corrected chi connectivity index (χ4v) is 1.55. The first kappa shape index (κ1) is 11.9. The van der Waals surface area contributed by atoms with Gasteiger partial charge in [-0.1, -0.05) is 20.8 Å². The van der Waals surface area contributed by atoms with E-state index in [2.05, 4.69) is 43.1 Å². The molecule has 0 radical (unpaired) electrons. The number of isothiocyanates is 1. The van der Waals surface area contributed by atoms with Crippen LogP contribution in [-0.4, -0.2) is 5.16 Å². The van der Waals surface area contributed by atoms with Crippen molar-refractivity contribution in [2.75, 3.05) is 5.73 Å². The monoisotopic (exact) mass is 220 g/mol. The second kappa shape index (κ2) is 4.13. The van der Waals surface area contributed by atoms with E-state index in [1.54, 1.807) is 0 Å². The van der Waals surface area contributed by atoms with Gasteiger partial charge in [0.15, 0.2) is 0 Å². The number of nitrogens with two attached hydrogens (primary N) is 1. The van der Waals surface area contributed by atoms with Gasteiger partial charge in [-0.05, 0) is 47.8 Å². The summed E-state index contributed by atoms with van der Waals surface area (Å²) in [6.45, 7) is 8.34. The Morgan fingerprint density at radius 2 is 1.93 bits per heavy atom. The molecule has 1 aromatic rings. The zero-order valence-electron chi connectivity index (χ0n) is 9.59. The van der Waals surface area contributed by atoms with Gasteiger partial charge in [-0.15, -0.1) is 0 Å². The van der Waals surface area contributed by atoms with Gasteiger partial charge in [-0.25, -0.2) is 0 Å². The lowest BCUT2D eigenvalue weighted by Crippen LogP contribution is -2.12. The van der Waals surface area contributed by atoms with Gasteiger partial charge in [0.1, 0.15) is 0 Å². The van der Waals surface area contributed by atoms with E-state index in [-0.39, 0.29) is 5.41 Å². The minimum atomic E-state index is 0.00678. The molecule has 0 aliphatic heterocycles. The highest BCUT2D eigenvalue weighted by Crippen LogP contribution is 2.34. The highest BCUT2D eigenvalue weighted by atomic mass is 32.1. The summed E-state index contributed by atoms with van der Waals surface area (Å²) in [5.41, 5.74) is 9.68. The smallest absolute Gasteiger partial charge is 0.0781 e. The molecule has 0 aliphatic carbocycles. The summed E-state index contributed by atoms with van der Waals surface area (Å²) < 4.78 is 0. The van der Waals surface area contributed by atoms with Crippen molar-refractivity contribution in [3.8, 4) is 0 Å². The van der Waals surface area contributed by atoms with Crippen LogP contribution in [0.5, 0.6) is 0 Å². The lowest BCUT2D eigenvalue weighted by Gasteiger charge is -2.22. The molecular weight excluding hydrogens is 204 g/mol. The van der Waals surface area contributed by atoms with Crippen LogP contribution in [0.25, 0.3) is 0 Å². The fraction of sp³-hybridized carbons (Fsp3) is 0.417. The van der Waals surface area contributed by atoms with Crippen molar-refractivity contribution in [3.63, 3.8) is 0 Å². The molecule has 0 amide bonds. The third kappa shape index (κ3) is 2.65. The number of nitrogens with zero attached hydrogens (tertiary/aromatic N) is 1. The van der Waals surface area contributed by atoms with Crippen molar-refractivity contribution in [2.45, 2.75) is 33.1 Å². The molecule has 1 aromatic carbocycles. The van der Waals surface area contributed by atoms with Gasteiger partial charge in [0.25, 0.3) is 0 Å². The maximum atomic E-state index is 5.89. The Bertz CT molecular complexity index is 424. The maximum absolute atomic E-state index is 5.89. The van der Waals surface area contributed by atoms with Crippen LogP contribution in [0.4, 0.5) is 11.4 Å². The minimum Gasteiger partial charge on any atom is -0.399 e. The van der Waals surface area contributed by atoms with Gasteiger partial charge in [-0.3, -0.25) is 0 Å². The first-order valence-corrected chi connectivity index (χ1v) is 5.25. The number of aryl methyl sites for hydroxylation is 1. The largest absolute Gasteiger partial charge is 0.399 e. The highest BCUT2D eigenvalue weighted by Gasteiger charge is 2.18. The quantitative estimate of drug-likeness (QED) is 0.446. The van der Waals surface area contributed by atoms with E-state index in [4.69, 9.17) is 5.73 Å². The average Bonchev–Trinajstić information content (AvgIpc) is 2.09. The molecule has 1 rings (SSSR count). The van der Waals surface area contributed by atoms with Crippen LogP contribution < -0.4 is 5.73 Å². The Hall–Kier alpha value is -1.18. The van der Waals surface area contributed by atoms with Crippen molar-refractivity contribution >= 4 is 28.8 Å². The molecule has 0 saturated carbocycles. The van der Waals surface area contributed by atoms with Crippen molar-refractivity contribution in [2.24, 2.45) is 4.99 Å². The summed E-state index contributed by atoms with van der Waals surface area (Å²) in [7, 11) is 0. The van der Waals surface area contributed by atoms with Crippen LogP contribution in [0.3, 0.4) is 0 Å². The third-order valence-electron chi connectivity index (χ3n) is 2.36. The van der Waals surface area contributed by atoms with Gasteiger partial charge in [0, 0.05) is 5.69 Å². The molecule has 0 bridgehead atoms. The van der Waals surface area contributed by atoms with Crippen molar-refractivity contribution in [3.05, 3.63) is 23.3 Å². The van der Waals surface area contributed by atoms with Gasteiger partial charge >= 0.3 is 0 Å². The first-order valence-electron chi connectivity index (χ1n) is 4.84. The molecule has 3 heteroatoms. The van der Waals surface area contributed by atoms with Gasteiger partial charge in [0.05, 0.1) is 10.8 Å². The SMILES string of the molecule is Cc1cc(N=C=S)c(C(C)(C)C)cc1N. The summed E-state index contributed by atoms with van der Waals surface area (Å²) in [6, 6.07) is 3.93. The fourth-order valence-electron chi connectivity index (χ4n) is 1.45. The van der Waals surface area contributed by atoms with Crippen LogP contribution in [-0.2, 0) is 5.41 Å². The van der Waals surface area contributed by atoms with Crippen molar-refractivity contribution < 1.29 is 0 Å². The van der Waals surface area contributed by atoms with E-state index in [0.29, 0.717) is 0 Å². The maximum Gasteiger partial charge on any atom is 0.0781 e. The molecule has 0 fully saturated rings. The van der Waals surface area contributed by atoms with Crippen LogP contribution >= 0.6 is 12.2 Å². The van der Waals surface area contributed by atoms with E-state index in [0.717, 1.165) is 22.5 Å². The molecule has 80 valence electrons. The summed E-state index contributed by atoms with van der Waals surface area (Å²) >= 11 is 4.64. The van der Waals surface area contributed by atoms with Crippen molar-refractivity contribution in [1.29, 1.82) is 0 Å². The molecule has 0 spiro atoms. The lowest BCUT2D eigenvalue weighted by molar-refractivity contribution is 0.591.